The minimum atomic E-state index is -0.284. The lowest BCUT2D eigenvalue weighted by molar-refractivity contribution is 0.00332. The maximum atomic E-state index is 11.5. The molecule has 0 spiro atoms. The number of hydrogen-bond acceptors (Lipinski definition) is 11. The van der Waals surface area contributed by atoms with E-state index in [-0.39, 0.29) is 6.04 Å². The average molecular weight is 605 g/mol. The number of rotatable bonds is 8. The molecule has 0 N–H and O–H groups in total. The van der Waals surface area contributed by atoms with Crippen LogP contribution in [0.4, 0.5) is 0 Å². The van der Waals surface area contributed by atoms with E-state index in [0.29, 0.717) is 103 Å². The maximum absolute atomic E-state index is 11.5. The minimum Gasteiger partial charge on any atom is -0.378 e. The number of nitrogens with zero attached hydrogens (tertiary/aromatic N) is 4. The van der Waals surface area contributed by atoms with Crippen molar-refractivity contribution in [2.75, 3.05) is 79.0 Å². The maximum Gasteiger partial charge on any atom is 0.168 e. The molecule has 2 aromatic heterocycles. The van der Waals surface area contributed by atoms with Crippen LogP contribution in [-0.2, 0) is 25.5 Å². The summed E-state index contributed by atoms with van der Waals surface area (Å²) in [6, 6.07) is 17.9. The molecular weight excluding hydrogens is 564 g/mol. The van der Waals surface area contributed by atoms with Crippen LogP contribution < -0.4 is 0 Å². The van der Waals surface area contributed by atoms with Crippen molar-refractivity contribution in [2.24, 2.45) is 0 Å². The molecule has 1 aliphatic heterocycles. The number of carbonyl (C=O) groups excluding carboxylic acids is 3. The van der Waals surface area contributed by atoms with Gasteiger partial charge in [-0.15, -0.1) is 0 Å². The predicted octanol–water partition coefficient (Wildman–Crippen LogP) is 2.89. The summed E-state index contributed by atoms with van der Waals surface area (Å²) in [5.41, 5.74) is 3.83. The Balaban J connectivity index is 1.40. The third-order valence-electron chi connectivity index (χ3n) is 7.17. The van der Waals surface area contributed by atoms with Gasteiger partial charge in [0, 0.05) is 38.3 Å². The molecule has 3 aromatic rings. The van der Waals surface area contributed by atoms with Gasteiger partial charge in [-0.1, -0.05) is 36.4 Å². The van der Waals surface area contributed by atoms with E-state index in [1.54, 1.807) is 24.3 Å². The third-order valence-corrected chi connectivity index (χ3v) is 7.17. The molecule has 44 heavy (non-hydrogen) atoms. The van der Waals surface area contributed by atoms with Crippen molar-refractivity contribution in [1.82, 2.24) is 19.8 Å². The van der Waals surface area contributed by atoms with E-state index in [1.807, 2.05) is 36.4 Å². The molecule has 4 rings (SSSR count). The van der Waals surface area contributed by atoms with E-state index < -0.39 is 0 Å². The lowest BCUT2D eigenvalue weighted by atomic mass is 9.99. The van der Waals surface area contributed by atoms with Crippen molar-refractivity contribution >= 4 is 18.9 Å². The summed E-state index contributed by atoms with van der Waals surface area (Å²) in [6.45, 7) is 6.81. The Labute approximate surface area is 258 Å². The highest BCUT2D eigenvalue weighted by molar-refractivity contribution is 5.74. The zero-order valence-corrected chi connectivity index (χ0v) is 24.9. The number of ether oxygens (including phenoxy) is 4. The van der Waals surface area contributed by atoms with Crippen molar-refractivity contribution in [1.29, 1.82) is 0 Å². The number of aldehydes is 3. The first-order valence-corrected chi connectivity index (χ1v) is 14.9. The van der Waals surface area contributed by atoms with Gasteiger partial charge in [0.1, 0.15) is 17.7 Å². The van der Waals surface area contributed by atoms with Crippen molar-refractivity contribution in [3.05, 3.63) is 94.6 Å². The monoisotopic (exact) mass is 604 g/mol. The van der Waals surface area contributed by atoms with Gasteiger partial charge < -0.3 is 18.9 Å². The highest BCUT2D eigenvalue weighted by Gasteiger charge is 2.24. The summed E-state index contributed by atoms with van der Waals surface area (Å²) in [6.07, 6.45) is 2.31. The van der Waals surface area contributed by atoms with Gasteiger partial charge in [-0.05, 0) is 29.8 Å². The van der Waals surface area contributed by atoms with Crippen LogP contribution in [0.15, 0.2) is 60.7 Å². The summed E-state index contributed by atoms with van der Waals surface area (Å²) >= 11 is 0. The van der Waals surface area contributed by atoms with E-state index in [4.69, 9.17) is 18.9 Å². The molecule has 1 aliphatic rings. The van der Waals surface area contributed by atoms with Crippen molar-refractivity contribution in [3.63, 3.8) is 0 Å². The predicted molar refractivity (Wildman–Crippen MR) is 163 cm³/mol. The zero-order valence-electron chi connectivity index (χ0n) is 24.9. The van der Waals surface area contributed by atoms with E-state index >= 15 is 0 Å². The molecule has 234 valence electrons. The number of aromatic nitrogens is 2. The summed E-state index contributed by atoms with van der Waals surface area (Å²) < 4.78 is 23.6. The van der Waals surface area contributed by atoms with Gasteiger partial charge in [0.2, 0.25) is 0 Å². The molecule has 0 bridgehead atoms. The molecule has 1 fully saturated rings. The standard InChI is InChI=1S/C33H40N4O7/c38-24-27-7-9-28(10-8-27)33(32-6-2-5-31(26-40)35-32)37-13-17-43-21-19-41-15-11-36(12-16-42-20-22-44-18-14-37)23-29-3-1-4-30(25-39)34-29/h1-10,24-26,33H,11-23H2. The number of benzene rings is 1. The van der Waals surface area contributed by atoms with Gasteiger partial charge in [0.05, 0.1) is 70.3 Å². The fourth-order valence-corrected chi connectivity index (χ4v) is 4.93. The Kier molecular flexibility index (Phi) is 14.2. The summed E-state index contributed by atoms with van der Waals surface area (Å²) in [7, 11) is 0. The van der Waals surface area contributed by atoms with Gasteiger partial charge in [-0.3, -0.25) is 24.2 Å². The molecule has 1 saturated heterocycles. The molecular formula is C33H40N4O7. The second-order valence-electron chi connectivity index (χ2n) is 10.2. The Morgan fingerprint density at radius 1 is 0.614 bits per heavy atom. The second kappa shape index (κ2) is 18.8. The first-order valence-electron chi connectivity index (χ1n) is 14.9. The summed E-state index contributed by atoms with van der Waals surface area (Å²) in [5, 5.41) is 0. The molecule has 3 heterocycles. The Bertz CT molecular complexity index is 1290. The summed E-state index contributed by atoms with van der Waals surface area (Å²) in [5.74, 6) is 0. The number of carbonyl (C=O) groups is 3. The molecule has 11 nitrogen and oxygen atoms in total. The van der Waals surface area contributed by atoms with Gasteiger partial charge in [0.25, 0.3) is 0 Å². The highest BCUT2D eigenvalue weighted by atomic mass is 16.5. The molecule has 0 radical (unpaired) electrons. The average Bonchev–Trinajstić information content (AvgIpc) is 3.06. The van der Waals surface area contributed by atoms with Crippen molar-refractivity contribution < 1.29 is 33.3 Å². The lowest BCUT2D eigenvalue weighted by Gasteiger charge is -2.32. The fourth-order valence-electron chi connectivity index (χ4n) is 4.93. The van der Waals surface area contributed by atoms with Crippen LogP contribution in [0.25, 0.3) is 0 Å². The molecule has 11 heteroatoms. The Morgan fingerprint density at radius 2 is 1.16 bits per heavy atom. The Morgan fingerprint density at radius 3 is 1.73 bits per heavy atom. The van der Waals surface area contributed by atoms with Crippen LogP contribution >= 0.6 is 0 Å². The van der Waals surface area contributed by atoms with Gasteiger partial charge in [0.15, 0.2) is 12.6 Å². The van der Waals surface area contributed by atoms with E-state index in [9.17, 15) is 14.4 Å². The molecule has 0 amide bonds. The molecule has 1 atom stereocenters. The minimum absolute atomic E-state index is 0.284. The lowest BCUT2D eigenvalue weighted by Crippen LogP contribution is -2.36. The SMILES string of the molecule is O=Cc1ccc(C(c2cccc(C=O)n2)N2CCOCCOCCN(Cc3cccc(C=O)n3)CCOCCOCC2)cc1. The normalized spacial score (nSPS) is 18.0. The fraction of sp³-hybridized carbons (Fsp3) is 0.424. The highest BCUT2D eigenvalue weighted by Crippen LogP contribution is 2.28. The second-order valence-corrected chi connectivity index (χ2v) is 10.2. The molecule has 1 aromatic carbocycles. The van der Waals surface area contributed by atoms with Crippen LogP contribution in [0.1, 0.15) is 54.3 Å². The van der Waals surface area contributed by atoms with E-state index in [1.165, 1.54) is 0 Å². The first-order chi connectivity index (χ1) is 21.7. The van der Waals surface area contributed by atoms with Gasteiger partial charge in [-0.2, -0.15) is 0 Å². The molecule has 0 saturated carbocycles. The van der Waals surface area contributed by atoms with E-state index in [2.05, 4.69) is 19.8 Å². The first kappa shape index (κ1) is 33.2. The van der Waals surface area contributed by atoms with Gasteiger partial charge in [-0.25, -0.2) is 9.97 Å². The Hall–Kier alpha value is -3.71. The molecule has 0 aliphatic carbocycles. The van der Waals surface area contributed by atoms with Crippen molar-refractivity contribution in [3.8, 4) is 0 Å². The van der Waals surface area contributed by atoms with Crippen LogP contribution in [0.3, 0.4) is 0 Å². The van der Waals surface area contributed by atoms with E-state index in [0.717, 1.165) is 35.8 Å². The molecule has 1 unspecified atom stereocenters. The van der Waals surface area contributed by atoms with Crippen LogP contribution in [-0.4, -0.2) is 118 Å². The summed E-state index contributed by atoms with van der Waals surface area (Å²) in [4.78, 5) is 47.3. The van der Waals surface area contributed by atoms with Crippen LogP contribution in [0.2, 0.25) is 0 Å². The quantitative estimate of drug-likeness (QED) is 0.353. The topological polar surface area (TPSA) is 120 Å². The third kappa shape index (κ3) is 10.8. The smallest absolute Gasteiger partial charge is 0.168 e. The van der Waals surface area contributed by atoms with Crippen molar-refractivity contribution in [2.45, 2.75) is 12.6 Å². The number of hydrogen-bond donors (Lipinski definition) is 0. The van der Waals surface area contributed by atoms with Gasteiger partial charge >= 0.3 is 0 Å². The zero-order chi connectivity index (χ0) is 30.8. The van der Waals surface area contributed by atoms with Crippen LogP contribution in [0, 0.1) is 0 Å². The van der Waals surface area contributed by atoms with Crippen LogP contribution in [0.5, 0.6) is 0 Å². The number of pyridine rings is 2. The largest absolute Gasteiger partial charge is 0.378 e.